The average Bonchev–Trinajstić information content (AvgIpc) is 3.11. The Morgan fingerprint density at radius 2 is 1.96 bits per heavy atom. The Kier molecular flexibility index (Phi) is 6.78. The normalized spacial score (nSPS) is 17.2. The van der Waals surface area contributed by atoms with Crippen molar-refractivity contribution in [3.05, 3.63) is 64.1 Å². The van der Waals surface area contributed by atoms with E-state index in [0.29, 0.717) is 28.3 Å². The number of carbonyl (C=O) groups is 1. The fourth-order valence-corrected chi connectivity index (χ4v) is 3.56. The first kappa shape index (κ1) is 19.0. The molecule has 0 N–H and O–H groups in total. The molecule has 138 valence electrons. The summed E-state index contributed by atoms with van der Waals surface area (Å²) in [5.41, 5.74) is 1.38. The zero-order valence-electron chi connectivity index (χ0n) is 14.4. The highest BCUT2D eigenvalue weighted by Gasteiger charge is 2.23. The van der Waals surface area contributed by atoms with Gasteiger partial charge in [0.05, 0.1) is 5.02 Å². The van der Waals surface area contributed by atoms with Gasteiger partial charge in [0.2, 0.25) is 0 Å². The van der Waals surface area contributed by atoms with Crippen LogP contribution >= 0.6 is 23.2 Å². The lowest BCUT2D eigenvalue weighted by atomic mass is 9.99. The second-order valence-corrected chi connectivity index (χ2v) is 7.12. The molecule has 2 aromatic carbocycles. The van der Waals surface area contributed by atoms with Gasteiger partial charge in [-0.3, -0.25) is 4.90 Å². The maximum absolute atomic E-state index is 11.8. The smallest absolute Gasteiger partial charge is 0.344 e. The standard InChI is InChI=1S/C20H21Cl2NO3/c21-17-6-7-19(18(22)12-17)26-14-20(24)25-11-10-23-9-8-16(13-23)15-4-2-1-3-5-15/h1-7,12,16H,8-11,13-14H2/t16-/m1/s1. The molecule has 1 fully saturated rings. The minimum absolute atomic E-state index is 0.173. The number of ether oxygens (including phenoxy) is 2. The molecule has 0 aromatic heterocycles. The first-order valence-corrected chi connectivity index (χ1v) is 9.38. The molecule has 0 saturated carbocycles. The molecule has 0 bridgehead atoms. The summed E-state index contributed by atoms with van der Waals surface area (Å²) in [6, 6.07) is 15.4. The van der Waals surface area contributed by atoms with E-state index in [1.807, 2.05) is 6.07 Å². The van der Waals surface area contributed by atoms with Crippen LogP contribution < -0.4 is 4.74 Å². The second kappa shape index (κ2) is 9.26. The van der Waals surface area contributed by atoms with Crippen LogP contribution in [-0.2, 0) is 9.53 Å². The van der Waals surface area contributed by atoms with Gasteiger partial charge in [-0.05, 0) is 42.6 Å². The van der Waals surface area contributed by atoms with Gasteiger partial charge in [0.1, 0.15) is 12.4 Å². The molecular formula is C20H21Cl2NO3. The number of hydrogen-bond donors (Lipinski definition) is 0. The lowest BCUT2D eigenvalue weighted by Crippen LogP contribution is -2.27. The summed E-state index contributed by atoms with van der Waals surface area (Å²) in [6.45, 7) is 2.94. The summed E-state index contributed by atoms with van der Waals surface area (Å²) in [5, 5.41) is 0.888. The van der Waals surface area contributed by atoms with Crippen LogP contribution in [0, 0.1) is 0 Å². The Balaban J connectivity index is 1.35. The molecule has 2 aromatic rings. The molecule has 26 heavy (non-hydrogen) atoms. The molecule has 1 saturated heterocycles. The summed E-state index contributed by atoms with van der Waals surface area (Å²) in [4.78, 5) is 14.1. The predicted octanol–water partition coefficient (Wildman–Crippen LogP) is 4.40. The highest BCUT2D eigenvalue weighted by molar-refractivity contribution is 6.35. The van der Waals surface area contributed by atoms with E-state index in [2.05, 4.69) is 29.2 Å². The fourth-order valence-electron chi connectivity index (χ4n) is 3.09. The van der Waals surface area contributed by atoms with Crippen LogP contribution in [-0.4, -0.2) is 43.7 Å². The van der Waals surface area contributed by atoms with Gasteiger partial charge in [0.25, 0.3) is 0 Å². The van der Waals surface area contributed by atoms with Crippen molar-refractivity contribution in [2.24, 2.45) is 0 Å². The van der Waals surface area contributed by atoms with Crippen molar-refractivity contribution in [2.45, 2.75) is 12.3 Å². The highest BCUT2D eigenvalue weighted by atomic mass is 35.5. The topological polar surface area (TPSA) is 38.8 Å². The lowest BCUT2D eigenvalue weighted by Gasteiger charge is -2.16. The van der Waals surface area contributed by atoms with Crippen LogP contribution in [0.3, 0.4) is 0 Å². The number of halogens is 2. The first-order valence-electron chi connectivity index (χ1n) is 8.62. The van der Waals surface area contributed by atoms with Crippen molar-refractivity contribution in [1.82, 2.24) is 4.90 Å². The molecular weight excluding hydrogens is 373 g/mol. The Morgan fingerprint density at radius 3 is 2.73 bits per heavy atom. The summed E-state index contributed by atoms with van der Waals surface area (Å²) in [6.07, 6.45) is 1.14. The summed E-state index contributed by atoms with van der Waals surface area (Å²) in [5.74, 6) is 0.565. The zero-order valence-corrected chi connectivity index (χ0v) is 15.9. The van der Waals surface area contributed by atoms with Crippen LogP contribution in [0.25, 0.3) is 0 Å². The van der Waals surface area contributed by atoms with Crippen LogP contribution in [0.15, 0.2) is 48.5 Å². The Bertz CT molecular complexity index is 739. The van der Waals surface area contributed by atoms with E-state index in [0.717, 1.165) is 26.1 Å². The van der Waals surface area contributed by atoms with E-state index in [1.54, 1.807) is 18.2 Å². The lowest BCUT2D eigenvalue weighted by molar-refractivity contribution is -0.146. The average molecular weight is 394 g/mol. The summed E-state index contributed by atoms with van der Waals surface area (Å²) < 4.78 is 10.6. The van der Waals surface area contributed by atoms with Crippen molar-refractivity contribution < 1.29 is 14.3 Å². The Hall–Kier alpha value is -1.75. The van der Waals surface area contributed by atoms with Crippen LogP contribution in [0.1, 0.15) is 17.9 Å². The monoisotopic (exact) mass is 393 g/mol. The maximum atomic E-state index is 11.8. The van der Waals surface area contributed by atoms with E-state index >= 15 is 0 Å². The van der Waals surface area contributed by atoms with Crippen molar-refractivity contribution in [2.75, 3.05) is 32.8 Å². The molecule has 1 aliphatic heterocycles. The molecule has 0 aliphatic carbocycles. The molecule has 1 aliphatic rings. The van der Waals surface area contributed by atoms with E-state index in [1.165, 1.54) is 5.56 Å². The first-order chi connectivity index (χ1) is 12.6. The minimum atomic E-state index is -0.408. The van der Waals surface area contributed by atoms with E-state index < -0.39 is 5.97 Å². The SMILES string of the molecule is O=C(COc1ccc(Cl)cc1Cl)OCCN1CC[C@@H](c2ccccc2)C1. The summed E-state index contributed by atoms with van der Waals surface area (Å²) in [7, 11) is 0. The molecule has 3 rings (SSSR count). The van der Waals surface area contributed by atoms with Gasteiger partial charge in [-0.15, -0.1) is 0 Å². The third kappa shape index (κ3) is 5.37. The van der Waals surface area contributed by atoms with Crippen LogP contribution in [0.4, 0.5) is 0 Å². The van der Waals surface area contributed by atoms with Gasteiger partial charge in [0.15, 0.2) is 6.61 Å². The number of nitrogens with zero attached hydrogens (tertiary/aromatic N) is 1. The van der Waals surface area contributed by atoms with Crippen LogP contribution in [0.2, 0.25) is 10.0 Å². The van der Waals surface area contributed by atoms with Gasteiger partial charge in [-0.1, -0.05) is 53.5 Å². The highest BCUT2D eigenvalue weighted by Crippen LogP contribution is 2.28. The van der Waals surface area contributed by atoms with Crippen molar-refractivity contribution in [3.8, 4) is 5.75 Å². The fraction of sp³-hybridized carbons (Fsp3) is 0.350. The molecule has 1 atom stereocenters. The number of likely N-dealkylation sites (tertiary alicyclic amines) is 1. The molecule has 0 amide bonds. The maximum Gasteiger partial charge on any atom is 0.344 e. The third-order valence-electron chi connectivity index (χ3n) is 4.45. The van der Waals surface area contributed by atoms with E-state index in [9.17, 15) is 4.79 Å². The van der Waals surface area contributed by atoms with Gasteiger partial charge >= 0.3 is 5.97 Å². The number of esters is 1. The minimum Gasteiger partial charge on any atom is -0.480 e. The number of rotatable bonds is 7. The van der Waals surface area contributed by atoms with Crippen molar-refractivity contribution >= 4 is 29.2 Å². The third-order valence-corrected chi connectivity index (χ3v) is 4.98. The van der Waals surface area contributed by atoms with Crippen molar-refractivity contribution in [1.29, 1.82) is 0 Å². The van der Waals surface area contributed by atoms with Gasteiger partial charge < -0.3 is 9.47 Å². The Morgan fingerprint density at radius 1 is 1.15 bits per heavy atom. The number of benzene rings is 2. The number of carbonyl (C=O) groups excluding carboxylic acids is 1. The summed E-state index contributed by atoms with van der Waals surface area (Å²) >= 11 is 11.8. The Labute approximate surface area is 163 Å². The van der Waals surface area contributed by atoms with Gasteiger partial charge in [-0.25, -0.2) is 4.79 Å². The quantitative estimate of drug-likeness (QED) is 0.653. The van der Waals surface area contributed by atoms with Gasteiger partial charge in [-0.2, -0.15) is 0 Å². The van der Waals surface area contributed by atoms with Crippen molar-refractivity contribution in [3.63, 3.8) is 0 Å². The predicted molar refractivity (Wildman–Crippen MR) is 103 cm³/mol. The zero-order chi connectivity index (χ0) is 18.4. The molecule has 4 nitrogen and oxygen atoms in total. The molecule has 1 heterocycles. The second-order valence-electron chi connectivity index (χ2n) is 6.28. The largest absolute Gasteiger partial charge is 0.480 e. The molecule has 0 unspecified atom stereocenters. The number of hydrogen-bond acceptors (Lipinski definition) is 4. The molecule has 0 spiro atoms. The van der Waals surface area contributed by atoms with Crippen LogP contribution in [0.5, 0.6) is 5.75 Å². The van der Waals surface area contributed by atoms with Gasteiger partial charge in [0, 0.05) is 18.1 Å². The molecule has 6 heteroatoms. The van der Waals surface area contributed by atoms with E-state index in [4.69, 9.17) is 32.7 Å². The van der Waals surface area contributed by atoms with E-state index in [-0.39, 0.29) is 6.61 Å². The molecule has 0 radical (unpaired) electrons.